The molecule has 1 radical (unpaired) electrons. The zero-order valence-corrected chi connectivity index (χ0v) is 10.6. The molecular weight excluding hydrogens is 230 g/mol. The van der Waals surface area contributed by atoms with Crippen molar-refractivity contribution in [2.75, 3.05) is 0 Å². The van der Waals surface area contributed by atoms with E-state index in [0.717, 1.165) is 0 Å². The lowest BCUT2D eigenvalue weighted by molar-refractivity contribution is 0.496. The van der Waals surface area contributed by atoms with Crippen molar-refractivity contribution in [3.8, 4) is 0 Å². The zero-order valence-electron chi connectivity index (χ0n) is 8.99. The van der Waals surface area contributed by atoms with E-state index in [1.807, 2.05) is 0 Å². The first-order chi connectivity index (χ1) is 6.72. The van der Waals surface area contributed by atoms with E-state index in [0.29, 0.717) is 11.3 Å². The van der Waals surface area contributed by atoms with Crippen LogP contribution in [0.15, 0.2) is 17.1 Å². The van der Waals surface area contributed by atoms with Gasteiger partial charge in [0.2, 0.25) is 10.0 Å². The summed E-state index contributed by atoms with van der Waals surface area (Å²) in [5, 5.41) is 0. The molecule has 0 unspecified atom stereocenters. The number of sulfonamides is 1. The second-order valence-corrected chi connectivity index (χ2v) is 6.47. The van der Waals surface area contributed by atoms with Gasteiger partial charge in [-0.1, -0.05) is 24.4 Å². The fourth-order valence-corrected chi connectivity index (χ4v) is 3.15. The predicted molar refractivity (Wildman–Crippen MR) is 64.9 cm³/mol. The van der Waals surface area contributed by atoms with Crippen LogP contribution in [0.2, 0.25) is 0 Å². The van der Waals surface area contributed by atoms with E-state index in [1.165, 1.54) is 0 Å². The highest BCUT2D eigenvalue weighted by Gasteiger charge is 2.26. The van der Waals surface area contributed by atoms with Gasteiger partial charge in [0.15, 0.2) is 0 Å². The van der Waals surface area contributed by atoms with Gasteiger partial charge in [0, 0.05) is 22.9 Å². The van der Waals surface area contributed by atoms with E-state index in [-0.39, 0.29) is 4.91 Å². The summed E-state index contributed by atoms with van der Waals surface area (Å²) < 4.78 is 26.3. The molecule has 0 amide bonds. The van der Waals surface area contributed by atoms with Gasteiger partial charge in [-0.2, -0.15) is 0 Å². The molecule has 0 heterocycles. The SMILES string of the molecule is CC(C)(C)NS(=O)(=O)C1=[C]C=CCC1=S. The largest absolute Gasteiger partial charge is 0.242 e. The third kappa shape index (κ3) is 3.52. The molecular formula is C10H14NO2S2. The second-order valence-electron chi connectivity index (χ2n) is 4.36. The summed E-state index contributed by atoms with van der Waals surface area (Å²) in [6.45, 7) is 5.35. The van der Waals surface area contributed by atoms with Crippen LogP contribution in [0.3, 0.4) is 0 Å². The molecule has 0 aromatic heterocycles. The number of hydrogen-bond acceptors (Lipinski definition) is 3. The smallest absolute Gasteiger partial charge is 0.207 e. The Bertz CT molecular complexity index is 425. The van der Waals surface area contributed by atoms with E-state index in [9.17, 15) is 8.42 Å². The zero-order chi connectivity index (χ0) is 11.7. The summed E-state index contributed by atoms with van der Waals surface area (Å²) in [6, 6.07) is 0. The average molecular weight is 244 g/mol. The number of thiocarbonyl (C=S) groups is 1. The van der Waals surface area contributed by atoms with E-state index in [2.05, 4.69) is 10.8 Å². The molecule has 1 aliphatic rings. The molecule has 5 heteroatoms. The van der Waals surface area contributed by atoms with Crippen molar-refractivity contribution in [1.82, 2.24) is 4.72 Å². The highest BCUT2D eigenvalue weighted by molar-refractivity contribution is 7.96. The highest BCUT2D eigenvalue weighted by atomic mass is 32.2. The number of hydrogen-bond donors (Lipinski definition) is 1. The molecule has 0 aromatic rings. The Labute approximate surface area is 96.3 Å². The van der Waals surface area contributed by atoms with Gasteiger partial charge in [0.1, 0.15) is 4.91 Å². The lowest BCUT2D eigenvalue weighted by atomic mass is 10.1. The molecule has 83 valence electrons. The highest BCUT2D eigenvalue weighted by Crippen LogP contribution is 2.17. The lowest BCUT2D eigenvalue weighted by Crippen LogP contribution is -2.42. The van der Waals surface area contributed by atoms with Crippen molar-refractivity contribution in [3.63, 3.8) is 0 Å². The minimum absolute atomic E-state index is 0.0925. The van der Waals surface area contributed by atoms with Crippen LogP contribution in [0.4, 0.5) is 0 Å². The summed E-state index contributed by atoms with van der Waals surface area (Å²) >= 11 is 4.99. The Morgan fingerprint density at radius 1 is 1.47 bits per heavy atom. The van der Waals surface area contributed by atoms with Gasteiger partial charge in [-0.05, 0) is 20.8 Å². The first-order valence-corrected chi connectivity index (χ1v) is 6.47. The fourth-order valence-electron chi connectivity index (χ4n) is 1.16. The van der Waals surface area contributed by atoms with Gasteiger partial charge in [-0.25, -0.2) is 13.1 Å². The Balaban J connectivity index is 3.02. The molecule has 0 aliphatic heterocycles. The Morgan fingerprint density at radius 3 is 2.53 bits per heavy atom. The molecule has 0 atom stereocenters. The maximum absolute atomic E-state index is 11.9. The van der Waals surface area contributed by atoms with Gasteiger partial charge >= 0.3 is 0 Å². The molecule has 0 saturated carbocycles. The maximum atomic E-state index is 11.9. The normalized spacial score (nSPS) is 17.8. The molecule has 1 rings (SSSR count). The van der Waals surface area contributed by atoms with E-state index in [4.69, 9.17) is 12.2 Å². The van der Waals surface area contributed by atoms with Crippen molar-refractivity contribution in [3.05, 3.63) is 23.1 Å². The van der Waals surface area contributed by atoms with Gasteiger partial charge < -0.3 is 0 Å². The maximum Gasteiger partial charge on any atom is 0.242 e. The van der Waals surface area contributed by atoms with Crippen molar-refractivity contribution in [2.45, 2.75) is 32.7 Å². The monoisotopic (exact) mass is 244 g/mol. The van der Waals surface area contributed by atoms with Crippen LogP contribution in [0.25, 0.3) is 0 Å². The fraction of sp³-hybridized carbons (Fsp3) is 0.500. The van der Waals surface area contributed by atoms with Crippen LogP contribution < -0.4 is 4.72 Å². The van der Waals surface area contributed by atoms with Crippen LogP contribution >= 0.6 is 12.2 Å². The van der Waals surface area contributed by atoms with E-state index in [1.54, 1.807) is 32.9 Å². The minimum Gasteiger partial charge on any atom is -0.207 e. The van der Waals surface area contributed by atoms with E-state index < -0.39 is 15.6 Å². The number of nitrogens with one attached hydrogen (secondary N) is 1. The molecule has 0 fully saturated rings. The standard InChI is InChI=1S/C10H14NO2S2/c1-10(2,3)11-15(12,13)9-7-5-4-6-8(9)14/h4-5,11H,6H2,1-3H3. The van der Waals surface area contributed by atoms with E-state index >= 15 is 0 Å². The third-order valence-corrected chi connectivity index (χ3v) is 3.88. The van der Waals surface area contributed by atoms with Gasteiger partial charge in [-0.3, -0.25) is 0 Å². The van der Waals surface area contributed by atoms with Gasteiger partial charge in [0.05, 0.1) is 0 Å². The summed E-state index contributed by atoms with van der Waals surface area (Å²) in [4.78, 5) is 0.504. The lowest BCUT2D eigenvalue weighted by Gasteiger charge is -2.22. The quantitative estimate of drug-likeness (QED) is 0.752. The van der Waals surface area contributed by atoms with Crippen molar-refractivity contribution in [1.29, 1.82) is 0 Å². The number of allylic oxidation sites excluding steroid dienone is 4. The van der Waals surface area contributed by atoms with Crippen molar-refractivity contribution >= 4 is 27.1 Å². The first kappa shape index (κ1) is 12.5. The molecule has 1 aliphatic carbocycles. The molecule has 1 N–H and O–H groups in total. The molecule has 0 bridgehead atoms. The summed E-state index contributed by atoms with van der Waals surface area (Å²) in [5.41, 5.74) is -0.510. The molecule has 3 nitrogen and oxygen atoms in total. The van der Waals surface area contributed by atoms with Crippen molar-refractivity contribution in [2.24, 2.45) is 0 Å². The second kappa shape index (κ2) is 4.15. The first-order valence-electron chi connectivity index (χ1n) is 4.58. The number of rotatable bonds is 2. The summed E-state index contributed by atoms with van der Waals surface area (Å²) in [5.74, 6) is 0. The third-order valence-electron chi connectivity index (χ3n) is 1.60. The average Bonchev–Trinajstić information content (AvgIpc) is 1.99. The topological polar surface area (TPSA) is 46.2 Å². The van der Waals surface area contributed by atoms with Crippen LogP contribution in [0.5, 0.6) is 0 Å². The summed E-state index contributed by atoms with van der Waals surface area (Å²) in [6.07, 6.45) is 6.55. The van der Waals surface area contributed by atoms with Crippen molar-refractivity contribution < 1.29 is 8.42 Å². The summed E-state index contributed by atoms with van der Waals surface area (Å²) in [7, 11) is -3.53. The predicted octanol–water partition coefficient (Wildman–Crippen LogP) is 1.72. The van der Waals surface area contributed by atoms with Crippen LogP contribution in [0, 0.1) is 6.08 Å². The van der Waals surface area contributed by atoms with Gasteiger partial charge in [-0.15, -0.1) is 0 Å². The Kier molecular flexibility index (Phi) is 3.48. The van der Waals surface area contributed by atoms with Gasteiger partial charge in [0.25, 0.3) is 0 Å². The molecule has 0 saturated heterocycles. The molecule has 15 heavy (non-hydrogen) atoms. The van der Waals surface area contributed by atoms with Crippen LogP contribution in [0.1, 0.15) is 27.2 Å². The molecule has 0 spiro atoms. The van der Waals surface area contributed by atoms with Crippen LogP contribution in [-0.2, 0) is 10.0 Å². The Morgan fingerprint density at radius 2 is 2.07 bits per heavy atom. The minimum atomic E-state index is -3.53. The van der Waals surface area contributed by atoms with Crippen LogP contribution in [-0.4, -0.2) is 18.8 Å². The Hall–Kier alpha value is -0.520. The molecule has 0 aromatic carbocycles.